The molecule has 3 aromatic rings. The predicted molar refractivity (Wildman–Crippen MR) is 102 cm³/mol. The molecule has 126 valence electrons. The lowest BCUT2D eigenvalue weighted by Gasteiger charge is -2.08. The molecule has 0 bridgehead atoms. The molecule has 2 aromatic carbocycles. The Bertz CT molecular complexity index is 861. The van der Waals surface area contributed by atoms with Gasteiger partial charge >= 0.3 is 0 Å². The van der Waals surface area contributed by atoms with Gasteiger partial charge in [-0.25, -0.2) is 4.98 Å². The van der Waals surface area contributed by atoms with Crippen molar-refractivity contribution in [3.8, 4) is 0 Å². The van der Waals surface area contributed by atoms with Crippen LogP contribution in [0, 0.1) is 6.92 Å². The summed E-state index contributed by atoms with van der Waals surface area (Å²) in [6.07, 6.45) is 1.93. The maximum atomic E-state index is 12.1. The number of carbonyl (C=O) groups is 1. The van der Waals surface area contributed by atoms with Crippen LogP contribution in [-0.2, 0) is 11.2 Å². The van der Waals surface area contributed by atoms with Gasteiger partial charge in [0.1, 0.15) is 5.82 Å². The summed E-state index contributed by atoms with van der Waals surface area (Å²) >= 11 is 5.84. The molecule has 1 aromatic heterocycles. The SMILES string of the molecule is Cc1cccc(Nc2ccc(NC(=O)Cc3ccc(Cl)cc3)cn2)c1. The molecule has 2 N–H and O–H groups in total. The fourth-order valence-corrected chi connectivity index (χ4v) is 2.53. The lowest BCUT2D eigenvalue weighted by Crippen LogP contribution is -2.14. The molecule has 0 saturated heterocycles. The Morgan fingerprint density at radius 3 is 2.52 bits per heavy atom. The van der Waals surface area contributed by atoms with E-state index < -0.39 is 0 Å². The fraction of sp³-hybridized carbons (Fsp3) is 0.100. The van der Waals surface area contributed by atoms with E-state index in [1.54, 1.807) is 18.3 Å². The molecular formula is C20H18ClN3O. The quantitative estimate of drug-likeness (QED) is 0.682. The number of halogens is 1. The van der Waals surface area contributed by atoms with Crippen molar-refractivity contribution in [2.75, 3.05) is 10.6 Å². The van der Waals surface area contributed by atoms with Crippen molar-refractivity contribution < 1.29 is 4.79 Å². The van der Waals surface area contributed by atoms with Crippen LogP contribution in [0.25, 0.3) is 0 Å². The van der Waals surface area contributed by atoms with Gasteiger partial charge in [0.25, 0.3) is 0 Å². The highest BCUT2D eigenvalue weighted by atomic mass is 35.5. The molecule has 0 saturated carbocycles. The maximum absolute atomic E-state index is 12.1. The minimum Gasteiger partial charge on any atom is -0.340 e. The number of benzene rings is 2. The third kappa shape index (κ3) is 5.06. The zero-order chi connectivity index (χ0) is 17.6. The maximum Gasteiger partial charge on any atom is 0.228 e. The molecule has 4 nitrogen and oxygen atoms in total. The van der Waals surface area contributed by atoms with Gasteiger partial charge in [0.05, 0.1) is 18.3 Å². The number of rotatable bonds is 5. The zero-order valence-corrected chi connectivity index (χ0v) is 14.5. The number of amides is 1. The minimum atomic E-state index is -0.0940. The molecule has 0 unspecified atom stereocenters. The van der Waals surface area contributed by atoms with Crippen molar-refractivity contribution in [3.63, 3.8) is 0 Å². The Morgan fingerprint density at radius 2 is 1.84 bits per heavy atom. The smallest absolute Gasteiger partial charge is 0.228 e. The van der Waals surface area contributed by atoms with Gasteiger partial charge in [0.2, 0.25) is 5.91 Å². The topological polar surface area (TPSA) is 54.0 Å². The van der Waals surface area contributed by atoms with Gasteiger partial charge < -0.3 is 10.6 Å². The Labute approximate surface area is 151 Å². The van der Waals surface area contributed by atoms with Crippen LogP contribution in [0.5, 0.6) is 0 Å². The molecule has 25 heavy (non-hydrogen) atoms. The van der Waals surface area contributed by atoms with Crippen LogP contribution in [0.4, 0.5) is 17.2 Å². The van der Waals surface area contributed by atoms with Gasteiger partial charge in [0, 0.05) is 10.7 Å². The second kappa shape index (κ2) is 7.81. The Kier molecular flexibility index (Phi) is 5.31. The van der Waals surface area contributed by atoms with E-state index in [4.69, 9.17) is 11.6 Å². The summed E-state index contributed by atoms with van der Waals surface area (Å²) in [5.74, 6) is 0.629. The normalized spacial score (nSPS) is 10.3. The van der Waals surface area contributed by atoms with Gasteiger partial charge in [-0.2, -0.15) is 0 Å². The highest BCUT2D eigenvalue weighted by molar-refractivity contribution is 6.30. The van der Waals surface area contributed by atoms with Crippen LogP contribution in [0.1, 0.15) is 11.1 Å². The number of pyridine rings is 1. The third-order valence-corrected chi connectivity index (χ3v) is 3.87. The second-order valence-corrected chi connectivity index (χ2v) is 6.21. The second-order valence-electron chi connectivity index (χ2n) is 5.78. The molecule has 0 radical (unpaired) electrons. The number of hydrogen-bond donors (Lipinski definition) is 2. The van der Waals surface area contributed by atoms with E-state index in [9.17, 15) is 4.79 Å². The molecule has 0 atom stereocenters. The van der Waals surface area contributed by atoms with Crippen LogP contribution in [0.15, 0.2) is 66.9 Å². The zero-order valence-electron chi connectivity index (χ0n) is 13.8. The summed E-state index contributed by atoms with van der Waals surface area (Å²) in [7, 11) is 0. The first-order valence-electron chi connectivity index (χ1n) is 7.92. The van der Waals surface area contributed by atoms with Crippen LogP contribution in [0.2, 0.25) is 5.02 Å². The lowest BCUT2D eigenvalue weighted by atomic mass is 10.1. The fourth-order valence-electron chi connectivity index (χ4n) is 2.41. The third-order valence-electron chi connectivity index (χ3n) is 3.62. The van der Waals surface area contributed by atoms with E-state index in [2.05, 4.69) is 15.6 Å². The van der Waals surface area contributed by atoms with Crippen LogP contribution in [-0.4, -0.2) is 10.9 Å². The van der Waals surface area contributed by atoms with Crippen molar-refractivity contribution in [1.29, 1.82) is 0 Å². The average Bonchev–Trinajstić information content (AvgIpc) is 2.59. The largest absolute Gasteiger partial charge is 0.340 e. The molecule has 0 aliphatic rings. The van der Waals surface area contributed by atoms with Crippen molar-refractivity contribution >= 4 is 34.7 Å². The highest BCUT2D eigenvalue weighted by Crippen LogP contribution is 2.17. The Balaban J connectivity index is 1.58. The van der Waals surface area contributed by atoms with Gasteiger partial charge in [-0.15, -0.1) is 0 Å². The van der Waals surface area contributed by atoms with E-state index in [0.29, 0.717) is 17.1 Å². The molecule has 0 fully saturated rings. The van der Waals surface area contributed by atoms with Crippen molar-refractivity contribution in [2.24, 2.45) is 0 Å². The first-order chi connectivity index (χ1) is 12.1. The van der Waals surface area contributed by atoms with Crippen LogP contribution in [0.3, 0.4) is 0 Å². The number of aryl methyl sites for hydroxylation is 1. The van der Waals surface area contributed by atoms with Crippen molar-refractivity contribution in [3.05, 3.63) is 83.0 Å². The Morgan fingerprint density at radius 1 is 1.04 bits per heavy atom. The van der Waals surface area contributed by atoms with Gasteiger partial charge in [-0.1, -0.05) is 35.9 Å². The Hall–Kier alpha value is -2.85. The van der Waals surface area contributed by atoms with Crippen LogP contribution >= 0.6 is 11.6 Å². The number of aromatic nitrogens is 1. The molecule has 1 heterocycles. The monoisotopic (exact) mass is 351 g/mol. The molecule has 1 amide bonds. The summed E-state index contributed by atoms with van der Waals surface area (Å²) in [6.45, 7) is 2.04. The van der Waals surface area contributed by atoms with E-state index in [1.165, 1.54) is 5.56 Å². The van der Waals surface area contributed by atoms with Crippen molar-refractivity contribution in [1.82, 2.24) is 4.98 Å². The standard InChI is InChI=1S/C20H18ClN3O/c1-14-3-2-4-17(11-14)23-19-10-9-18(13-22-19)24-20(25)12-15-5-7-16(21)8-6-15/h2-11,13H,12H2,1H3,(H,22,23)(H,24,25). The summed E-state index contributed by atoms with van der Waals surface area (Å²) in [4.78, 5) is 16.4. The number of anilines is 3. The van der Waals surface area contributed by atoms with E-state index in [0.717, 1.165) is 17.1 Å². The van der Waals surface area contributed by atoms with E-state index >= 15 is 0 Å². The molecule has 0 spiro atoms. The van der Waals surface area contributed by atoms with Gasteiger partial charge in [-0.05, 0) is 54.4 Å². The van der Waals surface area contributed by atoms with Crippen molar-refractivity contribution in [2.45, 2.75) is 13.3 Å². The molecule has 0 aliphatic carbocycles. The number of hydrogen-bond acceptors (Lipinski definition) is 3. The summed E-state index contributed by atoms with van der Waals surface area (Å²) < 4.78 is 0. The van der Waals surface area contributed by atoms with E-state index in [-0.39, 0.29) is 5.91 Å². The number of nitrogens with zero attached hydrogens (tertiary/aromatic N) is 1. The summed E-state index contributed by atoms with van der Waals surface area (Å²) in [6, 6.07) is 18.9. The number of nitrogens with one attached hydrogen (secondary N) is 2. The number of carbonyl (C=O) groups excluding carboxylic acids is 1. The first-order valence-corrected chi connectivity index (χ1v) is 8.30. The van der Waals surface area contributed by atoms with Gasteiger partial charge in [-0.3, -0.25) is 4.79 Å². The van der Waals surface area contributed by atoms with Crippen LogP contribution < -0.4 is 10.6 Å². The van der Waals surface area contributed by atoms with Gasteiger partial charge in [0.15, 0.2) is 0 Å². The first kappa shape index (κ1) is 17.0. The molecule has 5 heteroatoms. The lowest BCUT2D eigenvalue weighted by molar-refractivity contribution is -0.115. The minimum absolute atomic E-state index is 0.0940. The summed E-state index contributed by atoms with van der Waals surface area (Å²) in [5.41, 5.74) is 3.73. The average molecular weight is 352 g/mol. The highest BCUT2D eigenvalue weighted by Gasteiger charge is 2.05. The van der Waals surface area contributed by atoms with E-state index in [1.807, 2.05) is 55.5 Å². The molecule has 0 aliphatic heterocycles. The molecule has 3 rings (SSSR count). The molecular weight excluding hydrogens is 334 g/mol. The summed E-state index contributed by atoms with van der Waals surface area (Å²) in [5, 5.41) is 6.73. The predicted octanol–water partition coefficient (Wildman–Crippen LogP) is 4.97.